The van der Waals surface area contributed by atoms with E-state index in [0.717, 1.165) is 36.0 Å². The Bertz CT molecular complexity index is 1280. The maximum absolute atomic E-state index is 14.4. The number of ether oxygens (including phenoxy) is 3. The zero-order chi connectivity index (χ0) is 26.0. The normalized spacial score (nSPS) is 16.2. The van der Waals surface area contributed by atoms with Crippen molar-refractivity contribution in [2.45, 2.75) is 38.3 Å². The van der Waals surface area contributed by atoms with Crippen LogP contribution < -0.4 is 20.3 Å². The lowest BCUT2D eigenvalue weighted by Crippen LogP contribution is -2.41. The van der Waals surface area contributed by atoms with Crippen LogP contribution in [0.3, 0.4) is 0 Å². The van der Waals surface area contributed by atoms with Gasteiger partial charge in [-0.3, -0.25) is 4.79 Å². The van der Waals surface area contributed by atoms with E-state index in [2.05, 4.69) is 25.5 Å². The molecule has 0 radical (unpaired) electrons. The minimum Gasteiger partial charge on any atom is -0.436 e. The standard InChI is InChI=1S/C27H30FN5O4/c1-27(2)21-14-19(8-11-23(21)33(16-36-27)12-13-35-3)31-26-29-15-22(28)25(32-26)37-20-9-4-17(5-10-20)24(34)30-18-6-7-18/h4-5,8-11,14-15,18H,6-7,12-13,16H2,1-3H3,(H,30,34)(H,29,31,32). The molecule has 3 aromatic rings. The molecule has 1 aromatic heterocycles. The van der Waals surface area contributed by atoms with Gasteiger partial charge in [0, 0.05) is 42.2 Å². The van der Waals surface area contributed by atoms with E-state index in [1.165, 1.54) is 0 Å². The first-order valence-corrected chi connectivity index (χ1v) is 12.2. The molecule has 1 saturated carbocycles. The van der Waals surface area contributed by atoms with Gasteiger partial charge in [-0.1, -0.05) is 0 Å². The third kappa shape index (κ3) is 5.81. The zero-order valence-electron chi connectivity index (χ0n) is 21.1. The lowest BCUT2D eigenvalue weighted by molar-refractivity contribution is -0.0314. The van der Waals surface area contributed by atoms with Gasteiger partial charge in [0.1, 0.15) is 12.5 Å². The molecule has 1 aliphatic carbocycles. The first-order chi connectivity index (χ1) is 17.8. The summed E-state index contributed by atoms with van der Waals surface area (Å²) in [5.74, 6) is -0.512. The SMILES string of the molecule is COCCN1COC(C)(C)c2cc(Nc3ncc(F)c(Oc4ccc(C(=O)NC5CC5)cc4)n3)ccc21. The fourth-order valence-corrected chi connectivity index (χ4v) is 4.04. The minimum absolute atomic E-state index is 0.130. The number of nitrogens with zero attached hydrogens (tertiary/aromatic N) is 3. The Hall–Kier alpha value is -3.76. The minimum atomic E-state index is -0.699. The number of methoxy groups -OCH3 is 1. The van der Waals surface area contributed by atoms with E-state index in [0.29, 0.717) is 31.2 Å². The second-order valence-electron chi connectivity index (χ2n) is 9.62. The highest BCUT2D eigenvalue weighted by atomic mass is 19.1. The predicted molar refractivity (Wildman–Crippen MR) is 137 cm³/mol. The van der Waals surface area contributed by atoms with Crippen molar-refractivity contribution in [3.05, 3.63) is 65.6 Å². The maximum atomic E-state index is 14.4. The van der Waals surface area contributed by atoms with E-state index in [1.807, 2.05) is 32.0 Å². The van der Waals surface area contributed by atoms with Crippen molar-refractivity contribution in [1.29, 1.82) is 0 Å². The Morgan fingerprint density at radius 1 is 1.22 bits per heavy atom. The van der Waals surface area contributed by atoms with Crippen LogP contribution in [0.1, 0.15) is 42.6 Å². The van der Waals surface area contributed by atoms with Gasteiger partial charge in [0.05, 0.1) is 18.4 Å². The van der Waals surface area contributed by atoms with E-state index < -0.39 is 11.4 Å². The number of hydrogen-bond acceptors (Lipinski definition) is 8. The van der Waals surface area contributed by atoms with Gasteiger partial charge in [-0.2, -0.15) is 9.37 Å². The topological polar surface area (TPSA) is 97.8 Å². The number of aromatic nitrogens is 2. The molecule has 37 heavy (non-hydrogen) atoms. The molecule has 1 amide bonds. The summed E-state index contributed by atoms with van der Waals surface area (Å²) >= 11 is 0. The van der Waals surface area contributed by atoms with Crippen LogP contribution in [-0.2, 0) is 15.1 Å². The molecule has 0 atom stereocenters. The molecule has 10 heteroatoms. The van der Waals surface area contributed by atoms with Gasteiger partial charge >= 0.3 is 0 Å². The van der Waals surface area contributed by atoms with Crippen molar-refractivity contribution in [1.82, 2.24) is 15.3 Å². The summed E-state index contributed by atoms with van der Waals surface area (Å²) in [4.78, 5) is 22.6. The van der Waals surface area contributed by atoms with Gasteiger partial charge in [0.25, 0.3) is 11.8 Å². The molecular weight excluding hydrogens is 477 g/mol. The van der Waals surface area contributed by atoms with Crippen LogP contribution in [0, 0.1) is 5.82 Å². The van der Waals surface area contributed by atoms with Crippen LogP contribution in [0.5, 0.6) is 11.6 Å². The molecule has 2 heterocycles. The third-order valence-corrected chi connectivity index (χ3v) is 6.34. The number of carbonyl (C=O) groups is 1. The number of carbonyl (C=O) groups excluding carboxylic acids is 1. The molecule has 2 aromatic carbocycles. The van der Waals surface area contributed by atoms with Gasteiger partial charge < -0.3 is 29.7 Å². The number of fused-ring (bicyclic) bond motifs is 1. The Labute approximate surface area is 215 Å². The monoisotopic (exact) mass is 507 g/mol. The van der Waals surface area contributed by atoms with Crippen LogP contribution in [0.4, 0.5) is 21.7 Å². The number of anilines is 3. The van der Waals surface area contributed by atoms with Crippen LogP contribution in [-0.4, -0.2) is 48.9 Å². The number of amides is 1. The summed E-state index contributed by atoms with van der Waals surface area (Å²) in [7, 11) is 1.67. The van der Waals surface area contributed by atoms with Gasteiger partial charge in [-0.15, -0.1) is 0 Å². The summed E-state index contributed by atoms with van der Waals surface area (Å²) in [6, 6.07) is 12.7. The van der Waals surface area contributed by atoms with Crippen molar-refractivity contribution in [2.75, 3.05) is 37.2 Å². The Morgan fingerprint density at radius 2 is 2.00 bits per heavy atom. The lowest BCUT2D eigenvalue weighted by Gasteiger charge is -2.40. The molecule has 0 unspecified atom stereocenters. The van der Waals surface area contributed by atoms with Crippen LogP contribution >= 0.6 is 0 Å². The smallest absolute Gasteiger partial charge is 0.260 e. The summed E-state index contributed by atoms with van der Waals surface area (Å²) in [5, 5.41) is 6.06. The zero-order valence-corrected chi connectivity index (χ0v) is 21.1. The molecular formula is C27H30FN5O4. The molecule has 0 saturated heterocycles. The quantitative estimate of drug-likeness (QED) is 0.430. The molecule has 0 spiro atoms. The fourth-order valence-electron chi connectivity index (χ4n) is 4.04. The largest absolute Gasteiger partial charge is 0.436 e. The summed E-state index contributed by atoms with van der Waals surface area (Å²) in [6.45, 7) is 5.81. The summed E-state index contributed by atoms with van der Waals surface area (Å²) < 4.78 is 31.4. The van der Waals surface area contributed by atoms with E-state index in [4.69, 9.17) is 14.2 Å². The van der Waals surface area contributed by atoms with Gasteiger partial charge in [0.2, 0.25) is 11.8 Å². The Balaban J connectivity index is 1.31. The van der Waals surface area contributed by atoms with Gasteiger partial charge in [-0.25, -0.2) is 4.98 Å². The van der Waals surface area contributed by atoms with Crippen molar-refractivity contribution in [3.8, 4) is 11.6 Å². The first kappa shape index (κ1) is 24.9. The lowest BCUT2D eigenvalue weighted by atomic mass is 9.93. The van der Waals surface area contributed by atoms with Crippen LogP contribution in [0.15, 0.2) is 48.7 Å². The average molecular weight is 508 g/mol. The molecule has 9 nitrogen and oxygen atoms in total. The number of benzene rings is 2. The van der Waals surface area contributed by atoms with E-state index in [1.54, 1.807) is 31.4 Å². The Kier molecular flexibility index (Phi) is 6.94. The predicted octanol–water partition coefficient (Wildman–Crippen LogP) is 4.72. The Morgan fingerprint density at radius 3 is 2.73 bits per heavy atom. The third-order valence-electron chi connectivity index (χ3n) is 6.34. The highest BCUT2D eigenvalue weighted by Gasteiger charge is 2.32. The van der Waals surface area contributed by atoms with Gasteiger partial charge in [-0.05, 0) is 69.2 Å². The molecule has 5 rings (SSSR count). The highest BCUT2D eigenvalue weighted by Crippen LogP contribution is 2.39. The van der Waals surface area contributed by atoms with Crippen LogP contribution in [0.25, 0.3) is 0 Å². The highest BCUT2D eigenvalue weighted by molar-refractivity contribution is 5.94. The molecule has 1 fully saturated rings. The first-order valence-electron chi connectivity index (χ1n) is 12.2. The molecule has 1 aliphatic heterocycles. The molecule has 2 aliphatic rings. The summed E-state index contributed by atoms with van der Waals surface area (Å²) in [6.07, 6.45) is 3.08. The molecule has 2 N–H and O–H groups in total. The second kappa shape index (κ2) is 10.3. The van der Waals surface area contributed by atoms with Crippen molar-refractivity contribution in [3.63, 3.8) is 0 Å². The van der Waals surface area contributed by atoms with E-state index >= 15 is 0 Å². The molecule has 0 bridgehead atoms. The molecule has 194 valence electrons. The maximum Gasteiger partial charge on any atom is 0.260 e. The van der Waals surface area contributed by atoms with Crippen molar-refractivity contribution >= 4 is 23.2 Å². The van der Waals surface area contributed by atoms with E-state index in [9.17, 15) is 9.18 Å². The van der Waals surface area contributed by atoms with Crippen molar-refractivity contribution < 1.29 is 23.4 Å². The van der Waals surface area contributed by atoms with E-state index in [-0.39, 0.29) is 23.8 Å². The number of rotatable bonds is 9. The average Bonchev–Trinajstić information content (AvgIpc) is 3.70. The number of hydrogen-bond donors (Lipinski definition) is 2. The van der Waals surface area contributed by atoms with Crippen molar-refractivity contribution in [2.24, 2.45) is 0 Å². The number of nitrogens with one attached hydrogen (secondary N) is 2. The fraction of sp³-hybridized carbons (Fsp3) is 0.370. The van der Waals surface area contributed by atoms with Gasteiger partial charge in [0.15, 0.2) is 0 Å². The second-order valence-corrected chi connectivity index (χ2v) is 9.62. The van der Waals surface area contributed by atoms with Crippen LogP contribution in [0.2, 0.25) is 0 Å². The summed E-state index contributed by atoms with van der Waals surface area (Å²) in [5.41, 5.74) is 2.83. The number of halogens is 1.